The van der Waals surface area contributed by atoms with Gasteiger partial charge in [0.15, 0.2) is 0 Å². The average molecular weight is 346 g/mol. The van der Waals surface area contributed by atoms with Crippen LogP contribution in [0.5, 0.6) is 5.88 Å². The van der Waals surface area contributed by atoms with Crippen LogP contribution in [0.15, 0.2) is 60.8 Å². The number of nitrogens with two attached hydrogens (primary N) is 2. The molecular formula is C19H18N6O. The van der Waals surface area contributed by atoms with Crippen molar-refractivity contribution in [2.75, 3.05) is 6.61 Å². The molecule has 7 heteroatoms. The number of nitriles is 1. The van der Waals surface area contributed by atoms with E-state index in [0.29, 0.717) is 34.7 Å². The van der Waals surface area contributed by atoms with Crippen molar-refractivity contribution in [2.45, 2.75) is 6.42 Å². The van der Waals surface area contributed by atoms with E-state index in [9.17, 15) is 0 Å². The summed E-state index contributed by atoms with van der Waals surface area (Å²) in [5.41, 5.74) is 14.3. The maximum atomic E-state index is 9.16. The fourth-order valence-electron chi connectivity index (χ4n) is 2.65. The van der Waals surface area contributed by atoms with Crippen molar-refractivity contribution in [2.24, 2.45) is 11.5 Å². The summed E-state index contributed by atoms with van der Waals surface area (Å²) < 4.78 is 5.89. The molecular weight excluding hydrogens is 328 g/mol. The van der Waals surface area contributed by atoms with E-state index >= 15 is 0 Å². The van der Waals surface area contributed by atoms with Gasteiger partial charge in [0.05, 0.1) is 12.0 Å². The van der Waals surface area contributed by atoms with E-state index < -0.39 is 0 Å². The van der Waals surface area contributed by atoms with Gasteiger partial charge in [0, 0.05) is 23.8 Å². The van der Waals surface area contributed by atoms with Gasteiger partial charge in [-0.25, -0.2) is 9.97 Å². The summed E-state index contributed by atoms with van der Waals surface area (Å²) in [6.45, 7) is 0.459. The number of nitrogens with one attached hydrogen (secondary N) is 1. The predicted molar refractivity (Wildman–Crippen MR) is 99.6 cm³/mol. The molecule has 0 unspecified atom stereocenters. The van der Waals surface area contributed by atoms with Gasteiger partial charge in [-0.05, 0) is 17.8 Å². The summed E-state index contributed by atoms with van der Waals surface area (Å²) in [5, 5.41) is 9.82. The van der Waals surface area contributed by atoms with Gasteiger partial charge in [0.1, 0.15) is 23.7 Å². The first kappa shape index (κ1) is 17.0. The summed E-state index contributed by atoms with van der Waals surface area (Å²) in [6.07, 6.45) is 6.79. The Morgan fingerprint density at radius 3 is 2.81 bits per heavy atom. The largest absolute Gasteiger partial charge is 0.477 e. The fraction of sp³-hybridized carbons (Fsp3) is 0.105. The molecule has 2 heterocycles. The lowest BCUT2D eigenvalue weighted by atomic mass is 10.0. The lowest BCUT2D eigenvalue weighted by molar-refractivity contribution is 0.313. The van der Waals surface area contributed by atoms with Crippen LogP contribution < -0.4 is 16.2 Å². The number of hydrogen-bond acceptors (Lipinski definition) is 6. The topological polar surface area (TPSA) is 127 Å². The molecule has 0 amide bonds. The minimum absolute atomic E-state index is 0.0479. The van der Waals surface area contributed by atoms with Crippen molar-refractivity contribution in [1.82, 2.24) is 15.0 Å². The van der Waals surface area contributed by atoms with Crippen molar-refractivity contribution < 1.29 is 4.74 Å². The molecule has 7 nitrogen and oxygen atoms in total. The van der Waals surface area contributed by atoms with Crippen LogP contribution in [0, 0.1) is 11.3 Å². The molecule has 1 aromatic carbocycles. The second-order valence-electron chi connectivity index (χ2n) is 5.49. The normalized spacial score (nSPS) is 12.1. The van der Waals surface area contributed by atoms with E-state index in [1.807, 2.05) is 36.4 Å². The molecule has 0 saturated carbocycles. The first-order chi connectivity index (χ1) is 12.7. The number of aromatic nitrogens is 3. The van der Waals surface area contributed by atoms with Crippen molar-refractivity contribution in [1.29, 1.82) is 5.26 Å². The maximum absolute atomic E-state index is 9.16. The molecule has 3 rings (SSSR count). The Hall–Kier alpha value is -3.79. The van der Waals surface area contributed by atoms with Crippen LogP contribution in [0.1, 0.15) is 11.1 Å². The second-order valence-corrected chi connectivity index (χ2v) is 5.49. The molecule has 0 spiro atoms. The molecule has 3 aromatic rings. The molecule has 0 radical (unpaired) electrons. The van der Waals surface area contributed by atoms with Crippen LogP contribution in [-0.4, -0.2) is 21.6 Å². The van der Waals surface area contributed by atoms with Crippen LogP contribution in [0.25, 0.3) is 16.6 Å². The SMILES string of the molecule is N#C/C(N)=C(/C=C\N)c1c[nH]c2ncnc(OCCc3ccccc3)c12. The third-order valence-corrected chi connectivity index (χ3v) is 3.87. The highest BCUT2D eigenvalue weighted by molar-refractivity contribution is 5.97. The number of benzene rings is 1. The average Bonchev–Trinajstić information content (AvgIpc) is 3.11. The molecule has 0 bridgehead atoms. The Bertz CT molecular complexity index is 998. The summed E-state index contributed by atoms with van der Waals surface area (Å²) in [5.74, 6) is 0.427. The number of ether oxygens (including phenoxy) is 1. The Kier molecular flexibility index (Phi) is 5.15. The van der Waals surface area contributed by atoms with Crippen molar-refractivity contribution in [3.63, 3.8) is 0 Å². The number of H-pyrrole nitrogens is 1. The van der Waals surface area contributed by atoms with Gasteiger partial charge < -0.3 is 21.2 Å². The number of rotatable bonds is 6. The van der Waals surface area contributed by atoms with Crippen LogP contribution in [-0.2, 0) is 6.42 Å². The highest BCUT2D eigenvalue weighted by Gasteiger charge is 2.16. The van der Waals surface area contributed by atoms with E-state index in [-0.39, 0.29) is 5.70 Å². The van der Waals surface area contributed by atoms with Gasteiger partial charge in [-0.1, -0.05) is 30.3 Å². The quantitative estimate of drug-likeness (QED) is 0.464. The van der Waals surface area contributed by atoms with Crippen molar-refractivity contribution in [3.8, 4) is 11.9 Å². The molecule has 0 aliphatic rings. The Morgan fingerprint density at radius 1 is 1.27 bits per heavy atom. The third-order valence-electron chi connectivity index (χ3n) is 3.87. The predicted octanol–water partition coefficient (Wildman–Crippen LogP) is 2.25. The number of allylic oxidation sites excluding steroid dienone is 3. The molecule has 0 atom stereocenters. The van der Waals surface area contributed by atoms with Crippen LogP contribution in [0.2, 0.25) is 0 Å². The molecule has 0 fully saturated rings. The lowest BCUT2D eigenvalue weighted by Crippen LogP contribution is -2.04. The fourth-order valence-corrected chi connectivity index (χ4v) is 2.65. The molecule has 0 aliphatic carbocycles. The molecule has 130 valence electrons. The van der Waals surface area contributed by atoms with Crippen molar-refractivity contribution in [3.05, 3.63) is 72.0 Å². The van der Waals surface area contributed by atoms with Gasteiger partial charge in [-0.15, -0.1) is 0 Å². The van der Waals surface area contributed by atoms with E-state index in [4.69, 9.17) is 21.5 Å². The molecule has 0 aliphatic heterocycles. The first-order valence-corrected chi connectivity index (χ1v) is 8.02. The second kappa shape index (κ2) is 7.85. The summed E-state index contributed by atoms with van der Waals surface area (Å²) in [4.78, 5) is 11.5. The number of aromatic amines is 1. The van der Waals surface area contributed by atoms with Gasteiger partial charge >= 0.3 is 0 Å². The van der Waals surface area contributed by atoms with Crippen molar-refractivity contribution >= 4 is 16.6 Å². The van der Waals surface area contributed by atoms with E-state index in [1.165, 1.54) is 18.1 Å². The zero-order valence-electron chi connectivity index (χ0n) is 14.0. The number of fused-ring (bicyclic) bond motifs is 1. The van der Waals surface area contributed by atoms with Gasteiger partial charge in [-0.3, -0.25) is 0 Å². The van der Waals surface area contributed by atoms with Crippen LogP contribution in [0.3, 0.4) is 0 Å². The zero-order chi connectivity index (χ0) is 18.4. The standard InChI is InChI=1S/C19H18N6O/c20-8-6-14(16(22)10-21)15-11-23-18-17(15)19(25-12-24-18)26-9-7-13-4-2-1-3-5-13/h1-6,8,11-12H,7,9,20,22H2,(H,23,24,25)/b8-6-,16-14+. The first-order valence-electron chi connectivity index (χ1n) is 8.02. The zero-order valence-corrected chi connectivity index (χ0v) is 14.0. The van der Waals surface area contributed by atoms with Crippen LogP contribution in [0.4, 0.5) is 0 Å². The van der Waals surface area contributed by atoms with Gasteiger partial charge in [0.2, 0.25) is 5.88 Å². The minimum atomic E-state index is 0.0479. The van der Waals surface area contributed by atoms with E-state index in [2.05, 4.69) is 15.0 Å². The van der Waals surface area contributed by atoms with E-state index in [0.717, 1.165) is 6.42 Å². The Balaban J connectivity index is 1.94. The Morgan fingerprint density at radius 2 is 2.08 bits per heavy atom. The Labute approximate surface area is 150 Å². The monoisotopic (exact) mass is 346 g/mol. The van der Waals surface area contributed by atoms with Gasteiger partial charge in [-0.2, -0.15) is 5.26 Å². The summed E-state index contributed by atoms with van der Waals surface area (Å²) in [7, 11) is 0. The third kappa shape index (κ3) is 3.49. The minimum Gasteiger partial charge on any atom is -0.477 e. The summed E-state index contributed by atoms with van der Waals surface area (Å²) in [6, 6.07) is 12.0. The van der Waals surface area contributed by atoms with Crippen LogP contribution >= 0.6 is 0 Å². The number of nitrogens with zero attached hydrogens (tertiary/aromatic N) is 3. The highest BCUT2D eigenvalue weighted by atomic mass is 16.5. The summed E-state index contributed by atoms with van der Waals surface area (Å²) >= 11 is 0. The molecule has 0 saturated heterocycles. The molecule has 26 heavy (non-hydrogen) atoms. The molecule has 2 aromatic heterocycles. The maximum Gasteiger partial charge on any atom is 0.226 e. The van der Waals surface area contributed by atoms with Gasteiger partial charge in [0.25, 0.3) is 0 Å². The smallest absolute Gasteiger partial charge is 0.226 e. The van der Waals surface area contributed by atoms with E-state index in [1.54, 1.807) is 12.3 Å². The number of hydrogen-bond donors (Lipinski definition) is 3. The highest BCUT2D eigenvalue weighted by Crippen LogP contribution is 2.31. The lowest BCUT2D eigenvalue weighted by Gasteiger charge is -2.08. The molecule has 5 N–H and O–H groups in total.